The van der Waals surface area contributed by atoms with E-state index >= 15 is 0 Å². The molecule has 92 valence electrons. The number of carbonyl (C=O) groups is 1. The smallest absolute Gasteiger partial charge is 0.390 e. The van der Waals surface area contributed by atoms with Gasteiger partial charge in [0.1, 0.15) is 6.54 Å². The van der Waals surface area contributed by atoms with Crippen molar-refractivity contribution in [3.05, 3.63) is 51.8 Å². The molecule has 0 fully saturated rings. The Morgan fingerprint density at radius 2 is 2.28 bits per heavy atom. The lowest BCUT2D eigenvalue weighted by Crippen LogP contribution is -2.11. The highest BCUT2D eigenvalue weighted by Gasteiger charge is 2.15. The first-order valence-corrected chi connectivity index (χ1v) is 5.20. The van der Waals surface area contributed by atoms with Crippen LogP contribution in [-0.4, -0.2) is 25.5 Å². The van der Waals surface area contributed by atoms with Gasteiger partial charge in [0.2, 0.25) is 6.33 Å². The monoisotopic (exact) mass is 246 g/mol. The Balaban J connectivity index is 2.13. The summed E-state index contributed by atoms with van der Waals surface area (Å²) < 4.78 is 1.16. The maximum Gasteiger partial charge on any atom is 0.490 e. The minimum Gasteiger partial charge on any atom is -0.390 e. The van der Waals surface area contributed by atoms with Crippen LogP contribution in [0, 0.1) is 17.0 Å². The zero-order valence-corrected chi connectivity index (χ0v) is 9.61. The van der Waals surface area contributed by atoms with Gasteiger partial charge in [-0.25, -0.2) is 0 Å². The van der Waals surface area contributed by atoms with Crippen LogP contribution < -0.4 is 0 Å². The van der Waals surface area contributed by atoms with Crippen molar-refractivity contribution in [3.63, 3.8) is 0 Å². The van der Waals surface area contributed by atoms with E-state index in [2.05, 4.69) is 10.1 Å². The van der Waals surface area contributed by atoms with Crippen molar-refractivity contribution in [2.75, 3.05) is 0 Å². The van der Waals surface area contributed by atoms with Gasteiger partial charge in [-0.15, -0.1) is 0 Å². The molecule has 0 bridgehead atoms. The molecule has 0 aliphatic heterocycles. The molecular weight excluding hydrogens is 236 g/mol. The molecule has 18 heavy (non-hydrogen) atoms. The fourth-order valence-corrected chi connectivity index (χ4v) is 1.50. The summed E-state index contributed by atoms with van der Waals surface area (Å²) in [7, 11) is 0. The molecule has 1 heterocycles. The molecule has 0 atom stereocenters. The zero-order chi connectivity index (χ0) is 13.1. The Hall–Kier alpha value is -2.57. The average Bonchev–Trinajstić information content (AvgIpc) is 2.77. The van der Waals surface area contributed by atoms with Gasteiger partial charge >= 0.3 is 5.95 Å². The number of aryl methyl sites for hydroxylation is 1. The van der Waals surface area contributed by atoms with Gasteiger partial charge in [-0.1, -0.05) is 28.7 Å². The number of carbonyl (C=O) groups excluding carboxylic acids is 1. The van der Waals surface area contributed by atoms with E-state index in [0.29, 0.717) is 5.56 Å². The van der Waals surface area contributed by atoms with Crippen LogP contribution in [0.1, 0.15) is 15.9 Å². The number of ketones is 1. The van der Waals surface area contributed by atoms with Crippen LogP contribution in [0.4, 0.5) is 5.95 Å². The first-order valence-electron chi connectivity index (χ1n) is 5.20. The van der Waals surface area contributed by atoms with Crippen LogP contribution in [-0.2, 0) is 6.54 Å². The third-order valence-corrected chi connectivity index (χ3v) is 2.33. The molecule has 2 rings (SSSR count). The fraction of sp³-hybridized carbons (Fsp3) is 0.182. The van der Waals surface area contributed by atoms with E-state index in [0.717, 1.165) is 10.2 Å². The summed E-state index contributed by atoms with van der Waals surface area (Å²) in [6.07, 6.45) is 1.17. The van der Waals surface area contributed by atoms with Crippen molar-refractivity contribution in [2.45, 2.75) is 13.5 Å². The third-order valence-electron chi connectivity index (χ3n) is 2.33. The zero-order valence-electron chi connectivity index (χ0n) is 9.61. The molecule has 0 spiro atoms. The van der Waals surface area contributed by atoms with Crippen LogP contribution in [0.25, 0.3) is 0 Å². The standard InChI is InChI=1S/C11H10N4O3/c1-8-3-2-4-9(5-8)10(16)6-14-7-12-11(13-14)15(17)18/h2-5,7H,6H2,1H3. The van der Waals surface area contributed by atoms with Crippen molar-refractivity contribution in [3.8, 4) is 0 Å². The van der Waals surface area contributed by atoms with E-state index in [4.69, 9.17) is 0 Å². The van der Waals surface area contributed by atoms with Gasteiger partial charge in [-0.05, 0) is 17.9 Å². The van der Waals surface area contributed by atoms with E-state index in [1.54, 1.807) is 18.2 Å². The molecule has 0 unspecified atom stereocenters. The summed E-state index contributed by atoms with van der Waals surface area (Å²) in [5, 5.41) is 14.0. The van der Waals surface area contributed by atoms with E-state index < -0.39 is 10.9 Å². The molecule has 1 aromatic carbocycles. The summed E-state index contributed by atoms with van der Waals surface area (Å²) >= 11 is 0. The number of Topliss-reactive ketones (excluding diaryl/α,β-unsaturated/α-hetero) is 1. The van der Waals surface area contributed by atoms with Gasteiger partial charge in [0.05, 0.1) is 0 Å². The lowest BCUT2D eigenvalue weighted by atomic mass is 10.1. The Bertz CT molecular complexity index is 606. The minimum atomic E-state index is -0.701. The molecular formula is C11H10N4O3. The van der Waals surface area contributed by atoms with Gasteiger partial charge in [-0.2, -0.15) is 4.68 Å². The molecule has 7 heteroatoms. The molecule has 0 saturated heterocycles. The number of nitro groups is 1. The highest BCUT2D eigenvalue weighted by atomic mass is 16.6. The van der Waals surface area contributed by atoms with Crippen molar-refractivity contribution in [2.24, 2.45) is 0 Å². The maximum absolute atomic E-state index is 11.9. The van der Waals surface area contributed by atoms with Crippen LogP contribution >= 0.6 is 0 Å². The quantitative estimate of drug-likeness (QED) is 0.461. The van der Waals surface area contributed by atoms with Crippen LogP contribution in [0.3, 0.4) is 0 Å². The summed E-state index contributed by atoms with van der Waals surface area (Å²) in [6, 6.07) is 7.12. The van der Waals surface area contributed by atoms with E-state index in [1.807, 2.05) is 13.0 Å². The number of hydrogen-bond donors (Lipinski definition) is 0. The SMILES string of the molecule is Cc1cccc(C(=O)Cn2cnc([N+](=O)[O-])n2)c1. The second-order valence-corrected chi connectivity index (χ2v) is 3.79. The van der Waals surface area contributed by atoms with Crippen LogP contribution in [0.2, 0.25) is 0 Å². The predicted octanol–water partition coefficient (Wildman–Crippen LogP) is 1.38. The summed E-state index contributed by atoms with van der Waals surface area (Å²) in [5.74, 6) is -0.675. The number of nitrogens with zero attached hydrogens (tertiary/aromatic N) is 4. The Labute approximate surface area is 102 Å². The van der Waals surface area contributed by atoms with Crippen molar-refractivity contribution in [1.29, 1.82) is 0 Å². The topological polar surface area (TPSA) is 90.9 Å². The third kappa shape index (κ3) is 2.57. The van der Waals surface area contributed by atoms with Gasteiger partial charge in [0, 0.05) is 10.7 Å². The molecule has 1 aromatic heterocycles. The second-order valence-electron chi connectivity index (χ2n) is 3.79. The highest BCUT2D eigenvalue weighted by Crippen LogP contribution is 2.07. The van der Waals surface area contributed by atoms with E-state index in [1.165, 1.54) is 6.33 Å². The molecule has 0 aliphatic rings. The lowest BCUT2D eigenvalue weighted by Gasteiger charge is -1.99. The second kappa shape index (κ2) is 4.74. The molecule has 0 aliphatic carbocycles. The Kier molecular flexibility index (Phi) is 3.13. The Morgan fingerprint density at radius 1 is 1.50 bits per heavy atom. The number of benzene rings is 1. The molecule has 7 nitrogen and oxygen atoms in total. The number of hydrogen-bond acceptors (Lipinski definition) is 5. The molecule has 0 radical (unpaired) electrons. The minimum absolute atomic E-state index is 0.0652. The first kappa shape index (κ1) is 11.9. The molecule has 0 amide bonds. The van der Waals surface area contributed by atoms with Gasteiger partial charge in [0.25, 0.3) is 0 Å². The molecule has 0 saturated carbocycles. The number of aromatic nitrogens is 3. The summed E-state index contributed by atoms with van der Waals surface area (Å²) in [6.45, 7) is 1.82. The summed E-state index contributed by atoms with van der Waals surface area (Å²) in [4.78, 5) is 25.1. The normalized spacial score (nSPS) is 10.3. The summed E-state index contributed by atoms with van der Waals surface area (Å²) in [5.41, 5.74) is 1.53. The molecule has 2 aromatic rings. The number of rotatable bonds is 4. The highest BCUT2D eigenvalue weighted by molar-refractivity contribution is 5.95. The maximum atomic E-state index is 11.9. The van der Waals surface area contributed by atoms with Gasteiger partial charge < -0.3 is 10.1 Å². The lowest BCUT2D eigenvalue weighted by molar-refractivity contribution is -0.394. The first-order chi connectivity index (χ1) is 8.56. The van der Waals surface area contributed by atoms with E-state index in [-0.39, 0.29) is 12.3 Å². The van der Waals surface area contributed by atoms with Gasteiger partial charge in [0.15, 0.2) is 5.78 Å². The van der Waals surface area contributed by atoms with Crippen LogP contribution in [0.15, 0.2) is 30.6 Å². The van der Waals surface area contributed by atoms with E-state index in [9.17, 15) is 14.9 Å². The van der Waals surface area contributed by atoms with Crippen LogP contribution in [0.5, 0.6) is 0 Å². The van der Waals surface area contributed by atoms with Crippen molar-refractivity contribution in [1.82, 2.24) is 14.8 Å². The largest absolute Gasteiger partial charge is 0.490 e. The predicted molar refractivity (Wildman–Crippen MR) is 62.2 cm³/mol. The Morgan fingerprint density at radius 3 is 2.89 bits per heavy atom. The van der Waals surface area contributed by atoms with Crippen molar-refractivity contribution < 1.29 is 9.72 Å². The fourth-order valence-electron chi connectivity index (χ4n) is 1.50. The molecule has 0 N–H and O–H groups in total. The van der Waals surface area contributed by atoms with Crippen molar-refractivity contribution >= 4 is 11.7 Å². The van der Waals surface area contributed by atoms with Gasteiger partial charge in [-0.3, -0.25) is 4.79 Å². The average molecular weight is 246 g/mol.